The number of benzene rings is 1. The van der Waals surface area contributed by atoms with Crippen LogP contribution < -0.4 is 13.9 Å². The van der Waals surface area contributed by atoms with Gasteiger partial charge in [0, 0.05) is 13.1 Å². The van der Waals surface area contributed by atoms with E-state index in [2.05, 4.69) is 73.0 Å². The highest BCUT2D eigenvalue weighted by Crippen LogP contribution is 2.44. The summed E-state index contributed by atoms with van der Waals surface area (Å²) in [6.45, 7) is 22.1. The second kappa shape index (κ2) is 7.34. The van der Waals surface area contributed by atoms with Gasteiger partial charge < -0.3 is 8.85 Å². The van der Waals surface area contributed by atoms with Crippen molar-refractivity contribution < 1.29 is 8.85 Å². The smallest absolute Gasteiger partial charge is 0.250 e. The van der Waals surface area contributed by atoms with Crippen LogP contribution in [0.2, 0.25) is 36.3 Å². The number of nitroso groups, excluding NO2 is 1. The van der Waals surface area contributed by atoms with Crippen LogP contribution in [-0.2, 0) is 0 Å². The van der Waals surface area contributed by atoms with Gasteiger partial charge in [-0.25, -0.2) is 5.01 Å². The van der Waals surface area contributed by atoms with Gasteiger partial charge in [0.2, 0.25) is 0 Å². The Kier molecular flexibility index (Phi) is 6.41. The minimum Gasteiger partial charge on any atom is -0.541 e. The molecule has 0 heterocycles. The van der Waals surface area contributed by atoms with Crippen LogP contribution in [0.25, 0.3) is 0 Å². The van der Waals surface area contributed by atoms with Gasteiger partial charge in [-0.1, -0.05) is 41.5 Å². The van der Waals surface area contributed by atoms with Crippen molar-refractivity contribution in [3.63, 3.8) is 0 Å². The fourth-order valence-corrected chi connectivity index (χ4v) is 3.81. The predicted molar refractivity (Wildman–Crippen MR) is 116 cm³/mol. The monoisotopic (exact) mass is 396 g/mol. The standard InChI is InChI=1S/C19H36N2O3Si2/c1-18(2,3)25(8,9)23-16-13-12-15(21(7)20-22)14-17(16)24-26(10,11)19(4,5)6/h12-14H,1-11H3. The lowest BCUT2D eigenvalue weighted by Crippen LogP contribution is -2.45. The average molecular weight is 397 g/mol. The first-order valence-corrected chi connectivity index (χ1v) is 14.9. The van der Waals surface area contributed by atoms with Gasteiger partial charge in [0.05, 0.1) is 11.0 Å². The second-order valence-corrected chi connectivity index (χ2v) is 19.4. The Hall–Kier alpha value is -1.35. The molecular weight excluding hydrogens is 360 g/mol. The van der Waals surface area contributed by atoms with Crippen LogP contribution in [0.5, 0.6) is 11.5 Å². The van der Waals surface area contributed by atoms with Crippen molar-refractivity contribution in [1.82, 2.24) is 0 Å². The van der Waals surface area contributed by atoms with Crippen molar-refractivity contribution in [2.24, 2.45) is 5.29 Å². The molecule has 1 aromatic rings. The summed E-state index contributed by atoms with van der Waals surface area (Å²) in [5.74, 6) is 1.46. The summed E-state index contributed by atoms with van der Waals surface area (Å²) in [6.07, 6.45) is 0. The Morgan fingerprint density at radius 3 is 1.65 bits per heavy atom. The molecule has 0 bridgehead atoms. The molecule has 0 saturated carbocycles. The van der Waals surface area contributed by atoms with Crippen molar-refractivity contribution in [3.8, 4) is 11.5 Å². The highest BCUT2D eigenvalue weighted by Gasteiger charge is 2.42. The first-order chi connectivity index (χ1) is 11.5. The van der Waals surface area contributed by atoms with E-state index in [1.54, 1.807) is 7.05 Å². The topological polar surface area (TPSA) is 51.1 Å². The summed E-state index contributed by atoms with van der Waals surface area (Å²) >= 11 is 0. The van der Waals surface area contributed by atoms with Crippen molar-refractivity contribution >= 4 is 22.3 Å². The van der Waals surface area contributed by atoms with Gasteiger partial charge in [0.15, 0.2) is 0 Å². The zero-order valence-electron chi connectivity index (χ0n) is 18.4. The fourth-order valence-electron chi connectivity index (χ4n) is 1.77. The van der Waals surface area contributed by atoms with Gasteiger partial charge >= 0.3 is 0 Å². The Bertz CT molecular complexity index is 647. The SMILES string of the molecule is CN(N=O)c1ccc(O[Si](C)(C)C(C)(C)C)c(O[Si](C)(C)C(C)(C)C)c1. The molecule has 7 heteroatoms. The normalized spacial score (nSPS) is 13.3. The molecule has 0 aliphatic carbocycles. The highest BCUT2D eigenvalue weighted by molar-refractivity contribution is 6.75. The van der Waals surface area contributed by atoms with Crippen LogP contribution in [0.15, 0.2) is 23.5 Å². The Morgan fingerprint density at radius 2 is 1.27 bits per heavy atom. The predicted octanol–water partition coefficient (Wildman–Crippen LogP) is 6.57. The lowest BCUT2D eigenvalue weighted by atomic mass is 10.2. The molecule has 0 aliphatic rings. The first kappa shape index (κ1) is 22.7. The van der Waals surface area contributed by atoms with E-state index in [0.717, 1.165) is 5.75 Å². The molecule has 0 saturated heterocycles. The van der Waals surface area contributed by atoms with E-state index in [0.29, 0.717) is 11.4 Å². The Balaban J connectivity index is 3.40. The molecule has 0 amide bonds. The maximum Gasteiger partial charge on any atom is 0.250 e. The van der Waals surface area contributed by atoms with Gasteiger partial charge in [-0.3, -0.25) is 0 Å². The van der Waals surface area contributed by atoms with E-state index < -0.39 is 16.6 Å². The Morgan fingerprint density at radius 1 is 0.846 bits per heavy atom. The number of rotatable bonds is 6. The van der Waals surface area contributed by atoms with Gasteiger partial charge in [0.1, 0.15) is 11.5 Å². The summed E-state index contributed by atoms with van der Waals surface area (Å²) in [7, 11) is -2.44. The summed E-state index contributed by atoms with van der Waals surface area (Å²) in [5, 5.41) is 4.44. The van der Waals surface area contributed by atoms with Gasteiger partial charge in [-0.05, 0) is 48.4 Å². The largest absolute Gasteiger partial charge is 0.541 e. The van der Waals surface area contributed by atoms with Crippen molar-refractivity contribution in [2.45, 2.75) is 77.8 Å². The molecule has 1 aromatic carbocycles. The van der Waals surface area contributed by atoms with Crippen LogP contribution in [0.3, 0.4) is 0 Å². The third-order valence-corrected chi connectivity index (χ3v) is 14.5. The first-order valence-electron chi connectivity index (χ1n) is 9.11. The van der Waals surface area contributed by atoms with Gasteiger partial charge in [-0.15, -0.1) is 4.91 Å². The van der Waals surface area contributed by atoms with Crippen LogP contribution >= 0.6 is 0 Å². The minimum atomic E-state index is -2.06. The second-order valence-electron chi connectivity index (χ2n) is 9.96. The number of nitrogens with zero attached hydrogens (tertiary/aromatic N) is 2. The number of anilines is 1. The highest BCUT2D eigenvalue weighted by atomic mass is 28.4. The number of hydrogen-bond acceptors (Lipinski definition) is 4. The number of hydrogen-bond donors (Lipinski definition) is 0. The van der Waals surface area contributed by atoms with Crippen molar-refractivity contribution in [1.29, 1.82) is 0 Å². The molecule has 0 radical (unpaired) electrons. The van der Waals surface area contributed by atoms with E-state index in [1.807, 2.05) is 18.2 Å². The fraction of sp³-hybridized carbons (Fsp3) is 0.684. The van der Waals surface area contributed by atoms with Crippen LogP contribution in [-0.4, -0.2) is 23.7 Å². The zero-order valence-corrected chi connectivity index (χ0v) is 20.4. The van der Waals surface area contributed by atoms with Crippen LogP contribution in [0.1, 0.15) is 41.5 Å². The van der Waals surface area contributed by atoms with E-state index in [1.165, 1.54) is 5.01 Å². The third kappa shape index (κ3) is 5.10. The minimum absolute atomic E-state index is 0.0616. The van der Waals surface area contributed by atoms with E-state index in [9.17, 15) is 4.91 Å². The van der Waals surface area contributed by atoms with Crippen molar-refractivity contribution in [2.75, 3.05) is 12.1 Å². The molecule has 0 spiro atoms. The molecule has 0 aromatic heterocycles. The lowest BCUT2D eigenvalue weighted by Gasteiger charge is -2.39. The zero-order chi connectivity index (χ0) is 20.6. The molecule has 0 unspecified atom stereocenters. The van der Waals surface area contributed by atoms with E-state index in [4.69, 9.17) is 8.85 Å². The average Bonchev–Trinajstić information content (AvgIpc) is 2.45. The molecule has 1 rings (SSSR count). The van der Waals surface area contributed by atoms with Gasteiger partial charge in [0.25, 0.3) is 16.6 Å². The van der Waals surface area contributed by atoms with E-state index in [-0.39, 0.29) is 10.1 Å². The molecule has 5 nitrogen and oxygen atoms in total. The summed E-state index contributed by atoms with van der Waals surface area (Å²) in [6, 6.07) is 5.62. The maximum absolute atomic E-state index is 10.9. The molecule has 0 N–H and O–H groups in total. The maximum atomic E-state index is 10.9. The molecule has 0 atom stereocenters. The molecular formula is C19H36N2O3Si2. The summed E-state index contributed by atoms with van der Waals surface area (Å²) in [5.41, 5.74) is 0.691. The lowest BCUT2D eigenvalue weighted by molar-refractivity contribution is 0.440. The summed E-state index contributed by atoms with van der Waals surface area (Å²) < 4.78 is 13.1. The quantitative estimate of drug-likeness (QED) is 0.310. The third-order valence-electron chi connectivity index (χ3n) is 5.77. The van der Waals surface area contributed by atoms with Crippen molar-refractivity contribution in [3.05, 3.63) is 23.1 Å². The van der Waals surface area contributed by atoms with Gasteiger partial charge in [-0.2, -0.15) is 0 Å². The van der Waals surface area contributed by atoms with E-state index >= 15 is 0 Å². The molecule has 0 aliphatic heterocycles. The van der Waals surface area contributed by atoms with Crippen LogP contribution in [0.4, 0.5) is 5.69 Å². The molecule has 0 fully saturated rings. The van der Waals surface area contributed by atoms with Crippen LogP contribution in [0, 0.1) is 4.91 Å². The molecule has 148 valence electrons. The summed E-state index contributed by atoms with van der Waals surface area (Å²) in [4.78, 5) is 10.9. The Labute approximate surface area is 161 Å². The molecule has 26 heavy (non-hydrogen) atoms.